The Balaban J connectivity index is 1.99. The number of aryl methyl sites for hydroxylation is 2. The third kappa shape index (κ3) is 2.90. The lowest BCUT2D eigenvalue weighted by Crippen LogP contribution is -2.12. The molecule has 0 amide bonds. The Hall–Kier alpha value is -2.09. The first-order valence-corrected chi connectivity index (χ1v) is 7.04. The van der Waals surface area contributed by atoms with E-state index in [4.69, 9.17) is 4.74 Å². The maximum Gasteiger partial charge on any atom is 0.303 e. The third-order valence-electron chi connectivity index (χ3n) is 3.81. The summed E-state index contributed by atoms with van der Waals surface area (Å²) >= 11 is 0. The number of rotatable bonds is 1. The fourth-order valence-corrected chi connectivity index (χ4v) is 2.67. The number of carbonyl (C=O) groups excluding carboxylic acids is 1. The molecule has 0 N–H and O–H groups in total. The van der Waals surface area contributed by atoms with Crippen LogP contribution in [0.15, 0.2) is 48.5 Å². The zero-order valence-electron chi connectivity index (χ0n) is 11.6. The van der Waals surface area contributed by atoms with E-state index >= 15 is 0 Å². The van der Waals surface area contributed by atoms with Gasteiger partial charge in [0, 0.05) is 13.3 Å². The van der Waals surface area contributed by atoms with Crippen LogP contribution in [0.2, 0.25) is 0 Å². The number of esters is 1. The number of hydrogen-bond acceptors (Lipinski definition) is 2. The zero-order chi connectivity index (χ0) is 13.9. The Morgan fingerprint density at radius 2 is 1.40 bits per heavy atom. The molecule has 2 aromatic carbocycles. The number of benzene rings is 2. The number of carbonyl (C=O) groups is 1. The molecule has 0 fully saturated rings. The van der Waals surface area contributed by atoms with Crippen LogP contribution in [0.3, 0.4) is 0 Å². The van der Waals surface area contributed by atoms with Gasteiger partial charge in [-0.3, -0.25) is 4.79 Å². The summed E-state index contributed by atoms with van der Waals surface area (Å²) in [6.07, 6.45) is 2.62. The molecule has 0 heterocycles. The Kier molecular flexibility index (Phi) is 3.55. The molecule has 1 unspecified atom stereocenters. The van der Waals surface area contributed by atoms with Crippen LogP contribution in [-0.4, -0.2) is 5.97 Å². The van der Waals surface area contributed by atoms with Crippen LogP contribution in [-0.2, 0) is 28.8 Å². The van der Waals surface area contributed by atoms with E-state index in [0.717, 1.165) is 24.8 Å². The van der Waals surface area contributed by atoms with Crippen LogP contribution in [0, 0.1) is 0 Å². The maximum atomic E-state index is 11.3. The van der Waals surface area contributed by atoms with Gasteiger partial charge in [-0.25, -0.2) is 0 Å². The molecule has 4 aliphatic carbocycles. The molecule has 102 valence electrons. The second-order valence-electron chi connectivity index (χ2n) is 5.36. The monoisotopic (exact) mass is 266 g/mol. The van der Waals surface area contributed by atoms with Crippen molar-refractivity contribution in [2.75, 3.05) is 0 Å². The summed E-state index contributed by atoms with van der Waals surface area (Å²) in [7, 11) is 0. The van der Waals surface area contributed by atoms with Crippen molar-refractivity contribution in [1.82, 2.24) is 0 Å². The molecule has 0 saturated heterocycles. The molecule has 2 nitrogen and oxygen atoms in total. The second kappa shape index (κ2) is 5.49. The minimum Gasteiger partial charge on any atom is -0.457 e. The van der Waals surface area contributed by atoms with Gasteiger partial charge in [-0.05, 0) is 35.1 Å². The summed E-state index contributed by atoms with van der Waals surface area (Å²) < 4.78 is 5.49. The van der Waals surface area contributed by atoms with Crippen molar-refractivity contribution in [1.29, 1.82) is 0 Å². The van der Waals surface area contributed by atoms with Gasteiger partial charge in [0.25, 0.3) is 0 Å². The van der Waals surface area contributed by atoms with Crippen molar-refractivity contribution in [3.8, 4) is 0 Å². The molecule has 4 bridgehead atoms. The van der Waals surface area contributed by atoms with Gasteiger partial charge in [-0.2, -0.15) is 0 Å². The lowest BCUT2D eigenvalue weighted by Gasteiger charge is -2.19. The normalized spacial score (nSPS) is 17.4. The highest BCUT2D eigenvalue weighted by molar-refractivity contribution is 5.66. The Labute approximate surface area is 119 Å². The quantitative estimate of drug-likeness (QED) is 0.737. The van der Waals surface area contributed by atoms with Crippen molar-refractivity contribution < 1.29 is 9.53 Å². The lowest BCUT2D eigenvalue weighted by atomic mass is 9.95. The number of ether oxygens (including phenoxy) is 1. The summed E-state index contributed by atoms with van der Waals surface area (Å²) in [6.45, 7) is 1.47. The fourth-order valence-electron chi connectivity index (χ4n) is 2.67. The smallest absolute Gasteiger partial charge is 0.303 e. The van der Waals surface area contributed by atoms with E-state index in [1.807, 2.05) is 0 Å². The average Bonchev–Trinajstić information content (AvgIpc) is 2.44. The van der Waals surface area contributed by atoms with Gasteiger partial charge >= 0.3 is 5.97 Å². The molecule has 1 atom stereocenters. The summed E-state index contributed by atoms with van der Waals surface area (Å²) in [6, 6.07) is 17.1. The van der Waals surface area contributed by atoms with Crippen molar-refractivity contribution in [3.63, 3.8) is 0 Å². The van der Waals surface area contributed by atoms with Gasteiger partial charge in [-0.15, -0.1) is 0 Å². The molecule has 6 rings (SSSR count). The van der Waals surface area contributed by atoms with Crippen LogP contribution in [0.4, 0.5) is 0 Å². The maximum absolute atomic E-state index is 11.3. The van der Waals surface area contributed by atoms with E-state index in [1.165, 1.54) is 23.6 Å². The molecule has 0 aromatic heterocycles. The third-order valence-corrected chi connectivity index (χ3v) is 3.81. The van der Waals surface area contributed by atoms with Crippen LogP contribution in [0.5, 0.6) is 0 Å². The van der Waals surface area contributed by atoms with E-state index in [1.54, 1.807) is 0 Å². The minimum atomic E-state index is -0.234. The van der Waals surface area contributed by atoms with Crippen LogP contribution < -0.4 is 0 Å². The molecular formula is C18H18O2. The molecule has 2 heteroatoms. The van der Waals surface area contributed by atoms with Crippen molar-refractivity contribution >= 4 is 5.97 Å². The predicted octanol–water partition coefficient (Wildman–Crippen LogP) is 3.63. The first-order chi connectivity index (χ1) is 9.70. The zero-order valence-corrected chi connectivity index (χ0v) is 11.6. The van der Waals surface area contributed by atoms with Gasteiger partial charge < -0.3 is 4.74 Å². The molecule has 0 saturated carbocycles. The molecule has 20 heavy (non-hydrogen) atoms. The van der Waals surface area contributed by atoms with Crippen LogP contribution >= 0.6 is 0 Å². The van der Waals surface area contributed by atoms with Crippen molar-refractivity contribution in [2.24, 2.45) is 0 Å². The summed E-state index contributed by atoms with van der Waals surface area (Å²) in [5, 5.41) is 0. The van der Waals surface area contributed by atoms with Gasteiger partial charge in [0.2, 0.25) is 0 Å². The van der Waals surface area contributed by atoms with Gasteiger partial charge in [-0.1, -0.05) is 48.5 Å². The highest BCUT2D eigenvalue weighted by atomic mass is 16.5. The Morgan fingerprint density at radius 3 is 1.95 bits per heavy atom. The molecular weight excluding hydrogens is 248 g/mol. The van der Waals surface area contributed by atoms with E-state index in [-0.39, 0.29) is 12.1 Å². The van der Waals surface area contributed by atoms with Crippen molar-refractivity contribution in [2.45, 2.75) is 32.3 Å². The molecule has 0 spiro atoms. The second-order valence-corrected chi connectivity index (χ2v) is 5.36. The van der Waals surface area contributed by atoms with Crippen LogP contribution in [0.1, 0.15) is 35.3 Å². The lowest BCUT2D eigenvalue weighted by molar-refractivity contribution is -0.146. The molecule has 2 aromatic rings. The topological polar surface area (TPSA) is 26.3 Å². The highest BCUT2D eigenvalue weighted by Crippen LogP contribution is 2.25. The van der Waals surface area contributed by atoms with E-state index in [0.29, 0.717) is 0 Å². The Bertz CT molecular complexity index is 596. The Morgan fingerprint density at radius 1 is 0.900 bits per heavy atom. The first kappa shape index (κ1) is 12.9. The first-order valence-electron chi connectivity index (χ1n) is 7.04. The standard InChI is InChI=1S/C18H18O2/c1-13(19)20-18-12-16-6-4-14(5-7-16)2-3-15-8-10-17(18)11-9-15/h4-11,18H,2-3,12H2,1H3. The van der Waals surface area contributed by atoms with E-state index in [9.17, 15) is 4.79 Å². The van der Waals surface area contributed by atoms with Gasteiger partial charge in [0.05, 0.1) is 0 Å². The minimum absolute atomic E-state index is 0.202. The van der Waals surface area contributed by atoms with E-state index < -0.39 is 0 Å². The van der Waals surface area contributed by atoms with Crippen LogP contribution in [0.25, 0.3) is 0 Å². The van der Waals surface area contributed by atoms with E-state index in [2.05, 4.69) is 48.5 Å². The van der Waals surface area contributed by atoms with Crippen molar-refractivity contribution in [3.05, 3.63) is 70.8 Å². The largest absolute Gasteiger partial charge is 0.457 e. The molecule has 0 radical (unpaired) electrons. The summed E-state index contributed by atoms with van der Waals surface area (Å²) in [4.78, 5) is 11.3. The van der Waals surface area contributed by atoms with Gasteiger partial charge in [0.15, 0.2) is 0 Å². The SMILES string of the molecule is CC(=O)OC1Cc2ccc(cc2)CCc2ccc1cc2. The molecule has 0 aliphatic heterocycles. The highest BCUT2D eigenvalue weighted by Gasteiger charge is 2.16. The summed E-state index contributed by atoms with van der Waals surface area (Å²) in [5.74, 6) is -0.234. The molecule has 4 aliphatic rings. The predicted molar refractivity (Wildman–Crippen MR) is 78.5 cm³/mol. The number of hydrogen-bond donors (Lipinski definition) is 0. The van der Waals surface area contributed by atoms with Gasteiger partial charge in [0.1, 0.15) is 6.10 Å². The summed E-state index contributed by atoms with van der Waals surface area (Å²) in [5.41, 5.74) is 4.93. The fraction of sp³-hybridized carbons (Fsp3) is 0.278. The average molecular weight is 266 g/mol.